The quantitative estimate of drug-likeness (QED) is 0.783. The Morgan fingerprint density at radius 1 is 0.583 bits per heavy atom. The number of aryl methyl sites for hydroxylation is 2. The predicted octanol–water partition coefficient (Wildman–Crippen LogP) is 4.29. The van der Waals surface area contributed by atoms with Crippen LogP contribution in [-0.2, 0) is 0 Å². The second-order valence-electron chi connectivity index (χ2n) is 6.27. The Hall–Kier alpha value is -2.36. The third kappa shape index (κ3) is 2.56. The summed E-state index contributed by atoms with van der Waals surface area (Å²) in [6.07, 6.45) is 1.78. The van der Waals surface area contributed by atoms with E-state index in [9.17, 15) is 0 Å². The molecule has 2 aromatic carbocycles. The molecule has 2 aromatic rings. The summed E-state index contributed by atoms with van der Waals surface area (Å²) in [5, 5.41) is 0. The smallest absolute Gasteiger partial charge is 0.169 e. The minimum atomic E-state index is 0.662. The van der Waals surface area contributed by atoms with E-state index in [1.54, 1.807) is 0 Å². The van der Waals surface area contributed by atoms with E-state index in [0.29, 0.717) is 26.4 Å². The molecule has 2 heterocycles. The standard InChI is InChI=1S/C20H22O4/c1-13-5-7-15-19(23-11-3-9-21-15)17(13)18-14(2)6-8-16-20(18)24-12-4-10-22-16/h5-8H,3-4,9-12H2,1-2H3. The lowest BCUT2D eigenvalue weighted by Gasteiger charge is -2.20. The molecule has 126 valence electrons. The summed E-state index contributed by atoms with van der Waals surface area (Å²) in [7, 11) is 0. The molecule has 2 aliphatic rings. The van der Waals surface area contributed by atoms with Crippen molar-refractivity contribution < 1.29 is 18.9 Å². The highest BCUT2D eigenvalue weighted by atomic mass is 16.5. The molecule has 0 saturated heterocycles. The number of hydrogen-bond donors (Lipinski definition) is 0. The van der Waals surface area contributed by atoms with Gasteiger partial charge >= 0.3 is 0 Å². The van der Waals surface area contributed by atoms with Crippen LogP contribution >= 0.6 is 0 Å². The van der Waals surface area contributed by atoms with Crippen LogP contribution < -0.4 is 18.9 Å². The molecule has 0 bridgehead atoms. The Bertz CT molecular complexity index is 701. The van der Waals surface area contributed by atoms with Gasteiger partial charge in [0.2, 0.25) is 0 Å². The molecule has 0 aromatic heterocycles. The molecule has 0 unspecified atom stereocenters. The molecule has 2 aliphatic heterocycles. The molecule has 0 amide bonds. The summed E-state index contributed by atoms with van der Waals surface area (Å²) < 4.78 is 23.9. The minimum absolute atomic E-state index is 0.662. The number of benzene rings is 2. The molecule has 4 heteroatoms. The van der Waals surface area contributed by atoms with E-state index < -0.39 is 0 Å². The first kappa shape index (κ1) is 15.2. The third-order valence-electron chi connectivity index (χ3n) is 4.50. The Morgan fingerprint density at radius 2 is 1.00 bits per heavy atom. The van der Waals surface area contributed by atoms with Crippen LogP contribution in [0.15, 0.2) is 24.3 Å². The number of ether oxygens (including phenoxy) is 4. The molecule has 0 spiro atoms. The summed E-state index contributed by atoms with van der Waals surface area (Å²) >= 11 is 0. The van der Waals surface area contributed by atoms with E-state index in [2.05, 4.69) is 26.0 Å². The largest absolute Gasteiger partial charge is 0.490 e. The molecular weight excluding hydrogens is 304 g/mol. The summed E-state index contributed by atoms with van der Waals surface area (Å²) in [5.74, 6) is 3.24. The maximum atomic E-state index is 6.07. The molecular formula is C20H22O4. The Balaban J connectivity index is 1.97. The van der Waals surface area contributed by atoms with Gasteiger partial charge in [-0.1, -0.05) is 12.1 Å². The fourth-order valence-electron chi connectivity index (χ4n) is 3.29. The van der Waals surface area contributed by atoms with Crippen molar-refractivity contribution in [3.05, 3.63) is 35.4 Å². The zero-order valence-electron chi connectivity index (χ0n) is 14.2. The third-order valence-corrected chi connectivity index (χ3v) is 4.50. The lowest BCUT2D eigenvalue weighted by Crippen LogP contribution is -2.01. The van der Waals surface area contributed by atoms with Crippen molar-refractivity contribution in [1.82, 2.24) is 0 Å². The van der Waals surface area contributed by atoms with Crippen molar-refractivity contribution in [2.75, 3.05) is 26.4 Å². The van der Waals surface area contributed by atoms with Crippen molar-refractivity contribution in [2.45, 2.75) is 26.7 Å². The van der Waals surface area contributed by atoms with Gasteiger partial charge in [0.1, 0.15) is 0 Å². The number of hydrogen-bond acceptors (Lipinski definition) is 4. The first-order valence-electron chi connectivity index (χ1n) is 8.54. The Morgan fingerprint density at radius 3 is 1.46 bits per heavy atom. The van der Waals surface area contributed by atoms with Gasteiger partial charge in [-0.05, 0) is 37.1 Å². The summed E-state index contributed by atoms with van der Waals surface area (Å²) in [5.41, 5.74) is 4.38. The number of rotatable bonds is 1. The summed E-state index contributed by atoms with van der Waals surface area (Å²) in [6.45, 7) is 6.88. The summed E-state index contributed by atoms with van der Waals surface area (Å²) in [4.78, 5) is 0. The van der Waals surface area contributed by atoms with Crippen LogP contribution in [0.2, 0.25) is 0 Å². The molecule has 0 N–H and O–H groups in total. The molecule has 0 saturated carbocycles. The van der Waals surface area contributed by atoms with E-state index in [4.69, 9.17) is 18.9 Å². The van der Waals surface area contributed by atoms with Gasteiger partial charge < -0.3 is 18.9 Å². The van der Waals surface area contributed by atoms with Crippen LogP contribution in [-0.4, -0.2) is 26.4 Å². The topological polar surface area (TPSA) is 36.9 Å². The van der Waals surface area contributed by atoms with E-state index in [-0.39, 0.29) is 0 Å². The highest BCUT2D eigenvalue weighted by Gasteiger charge is 2.25. The van der Waals surface area contributed by atoms with Gasteiger partial charge in [-0.3, -0.25) is 0 Å². The second-order valence-corrected chi connectivity index (χ2v) is 6.27. The molecule has 0 radical (unpaired) electrons. The van der Waals surface area contributed by atoms with Crippen molar-refractivity contribution in [1.29, 1.82) is 0 Å². The average Bonchev–Trinajstić information content (AvgIpc) is 2.96. The second kappa shape index (κ2) is 6.27. The van der Waals surface area contributed by atoms with Gasteiger partial charge in [-0.25, -0.2) is 0 Å². The van der Waals surface area contributed by atoms with E-state index in [1.807, 2.05) is 12.1 Å². The van der Waals surface area contributed by atoms with Gasteiger partial charge in [-0.15, -0.1) is 0 Å². The zero-order valence-corrected chi connectivity index (χ0v) is 14.2. The zero-order chi connectivity index (χ0) is 16.5. The van der Waals surface area contributed by atoms with Gasteiger partial charge in [-0.2, -0.15) is 0 Å². The molecule has 4 rings (SSSR count). The van der Waals surface area contributed by atoms with E-state index >= 15 is 0 Å². The Labute approximate surface area is 142 Å². The molecule has 0 aliphatic carbocycles. The molecule has 24 heavy (non-hydrogen) atoms. The molecule has 4 nitrogen and oxygen atoms in total. The lowest BCUT2D eigenvalue weighted by molar-refractivity contribution is 0.296. The van der Waals surface area contributed by atoms with E-state index in [1.165, 1.54) is 0 Å². The lowest BCUT2D eigenvalue weighted by atomic mass is 9.94. The van der Waals surface area contributed by atoms with E-state index in [0.717, 1.165) is 58.1 Å². The van der Waals surface area contributed by atoms with Crippen LogP contribution in [0.1, 0.15) is 24.0 Å². The molecule has 0 fully saturated rings. The van der Waals surface area contributed by atoms with Gasteiger partial charge in [0.25, 0.3) is 0 Å². The van der Waals surface area contributed by atoms with Crippen molar-refractivity contribution >= 4 is 0 Å². The Kier molecular flexibility index (Phi) is 3.97. The normalized spacial score (nSPS) is 16.2. The van der Waals surface area contributed by atoms with Crippen LogP contribution in [0.25, 0.3) is 11.1 Å². The average molecular weight is 326 g/mol. The van der Waals surface area contributed by atoms with Crippen LogP contribution in [0.4, 0.5) is 0 Å². The maximum absolute atomic E-state index is 6.07. The fourth-order valence-corrected chi connectivity index (χ4v) is 3.29. The van der Waals surface area contributed by atoms with Gasteiger partial charge in [0.15, 0.2) is 23.0 Å². The first-order valence-corrected chi connectivity index (χ1v) is 8.54. The maximum Gasteiger partial charge on any atom is 0.169 e. The molecule has 0 atom stereocenters. The summed E-state index contributed by atoms with van der Waals surface area (Å²) in [6, 6.07) is 8.15. The van der Waals surface area contributed by atoms with Gasteiger partial charge in [0.05, 0.1) is 26.4 Å². The predicted molar refractivity (Wildman–Crippen MR) is 92.6 cm³/mol. The van der Waals surface area contributed by atoms with Gasteiger partial charge in [0, 0.05) is 24.0 Å². The highest BCUT2D eigenvalue weighted by Crippen LogP contribution is 2.49. The fraction of sp³-hybridized carbons (Fsp3) is 0.400. The van der Waals surface area contributed by atoms with Crippen molar-refractivity contribution in [3.63, 3.8) is 0 Å². The van der Waals surface area contributed by atoms with Crippen LogP contribution in [0.5, 0.6) is 23.0 Å². The first-order chi connectivity index (χ1) is 11.8. The minimum Gasteiger partial charge on any atom is -0.490 e. The van der Waals surface area contributed by atoms with Crippen molar-refractivity contribution in [3.8, 4) is 34.1 Å². The van der Waals surface area contributed by atoms with Crippen LogP contribution in [0.3, 0.4) is 0 Å². The van der Waals surface area contributed by atoms with Crippen LogP contribution in [0, 0.1) is 13.8 Å². The van der Waals surface area contributed by atoms with Crippen molar-refractivity contribution in [2.24, 2.45) is 0 Å². The monoisotopic (exact) mass is 326 g/mol. The SMILES string of the molecule is Cc1ccc2c(c1-c1c(C)ccc3c1OCCCO3)OCCCO2. The number of fused-ring (bicyclic) bond motifs is 2. The highest BCUT2D eigenvalue weighted by molar-refractivity contribution is 5.85.